The van der Waals surface area contributed by atoms with E-state index in [2.05, 4.69) is 17.2 Å². The Morgan fingerprint density at radius 2 is 2.06 bits per heavy atom. The Hall–Kier alpha value is -1.46. The van der Waals surface area contributed by atoms with Crippen LogP contribution in [0.4, 0.5) is 5.82 Å². The Morgan fingerprint density at radius 1 is 1.33 bits per heavy atom. The van der Waals surface area contributed by atoms with Crippen molar-refractivity contribution in [2.75, 3.05) is 0 Å². The number of hydrogen-bond acceptors (Lipinski definition) is 4. The minimum atomic E-state index is -0.364. The van der Waals surface area contributed by atoms with E-state index in [1.165, 1.54) is 4.68 Å². The first-order valence-electron chi connectivity index (χ1n) is 6.63. The van der Waals surface area contributed by atoms with Crippen molar-refractivity contribution in [1.82, 2.24) is 15.0 Å². The predicted octanol–water partition coefficient (Wildman–Crippen LogP) is 2.97. The van der Waals surface area contributed by atoms with Crippen molar-refractivity contribution in [3.63, 3.8) is 0 Å². The molecule has 0 aliphatic rings. The van der Waals surface area contributed by atoms with Gasteiger partial charge in [-0.25, -0.2) is 0 Å². The van der Waals surface area contributed by atoms with E-state index in [1.54, 1.807) is 0 Å². The molecule has 6 heteroatoms. The maximum absolute atomic E-state index is 11.1. The molecule has 6 nitrogen and oxygen atoms in total. The first-order chi connectivity index (χ1) is 8.56. The summed E-state index contributed by atoms with van der Waals surface area (Å²) in [5, 5.41) is 18.9. The van der Waals surface area contributed by atoms with Gasteiger partial charge in [-0.2, -0.15) is 0 Å². The van der Waals surface area contributed by atoms with Crippen LogP contribution in [0.25, 0.3) is 0 Å². The summed E-state index contributed by atoms with van der Waals surface area (Å²) in [6.45, 7) is 6.76. The third kappa shape index (κ3) is 4.09. The predicted molar refractivity (Wildman–Crippen MR) is 69.4 cm³/mol. The Kier molecular flexibility index (Phi) is 5.74. The monoisotopic (exact) mass is 254 g/mol. The number of nitrogens with zero attached hydrogens (tertiary/aromatic N) is 4. The molecule has 0 aromatic carbocycles. The number of rotatable bonds is 8. The third-order valence-electron chi connectivity index (χ3n) is 2.77. The fourth-order valence-corrected chi connectivity index (χ4v) is 1.90. The number of nitro groups is 1. The van der Waals surface area contributed by atoms with Gasteiger partial charge in [0.25, 0.3) is 0 Å². The van der Waals surface area contributed by atoms with Gasteiger partial charge in [0, 0.05) is 11.6 Å². The quantitative estimate of drug-likeness (QED) is 0.406. The van der Waals surface area contributed by atoms with Crippen LogP contribution in [0.1, 0.15) is 52.1 Å². The van der Waals surface area contributed by atoms with Gasteiger partial charge in [-0.1, -0.05) is 33.6 Å². The SMILES string of the molecule is CCCCCCn1nnc(CC(C)C)c1[N+](=O)[O-]. The fraction of sp³-hybridized carbons (Fsp3) is 0.833. The summed E-state index contributed by atoms with van der Waals surface area (Å²) in [5.41, 5.74) is 0.505. The zero-order valence-corrected chi connectivity index (χ0v) is 11.4. The zero-order chi connectivity index (χ0) is 13.5. The molecule has 0 fully saturated rings. The van der Waals surface area contributed by atoms with E-state index in [1.807, 2.05) is 13.8 Å². The average molecular weight is 254 g/mol. The normalized spacial score (nSPS) is 11.1. The first-order valence-corrected chi connectivity index (χ1v) is 6.63. The molecule has 0 saturated carbocycles. The maximum atomic E-state index is 11.1. The van der Waals surface area contributed by atoms with Crippen molar-refractivity contribution in [2.45, 2.75) is 59.4 Å². The molecule has 0 N–H and O–H groups in total. The second-order valence-electron chi connectivity index (χ2n) is 5.00. The molecule has 0 unspecified atom stereocenters. The molecule has 0 amide bonds. The second-order valence-corrected chi connectivity index (χ2v) is 5.00. The van der Waals surface area contributed by atoms with Crippen LogP contribution in [0.15, 0.2) is 0 Å². The van der Waals surface area contributed by atoms with E-state index in [4.69, 9.17) is 0 Å². The summed E-state index contributed by atoms with van der Waals surface area (Å²) in [7, 11) is 0. The summed E-state index contributed by atoms with van der Waals surface area (Å²) >= 11 is 0. The van der Waals surface area contributed by atoms with Gasteiger partial charge in [0.15, 0.2) is 5.69 Å². The van der Waals surface area contributed by atoms with E-state index in [0.29, 0.717) is 24.6 Å². The standard InChI is InChI=1S/C12H22N4O2/c1-4-5-6-7-8-15-12(16(17)18)11(13-14-15)9-10(2)3/h10H,4-9H2,1-3H3. The van der Waals surface area contributed by atoms with E-state index in [-0.39, 0.29) is 10.7 Å². The minimum Gasteiger partial charge on any atom is -0.358 e. The van der Waals surface area contributed by atoms with Gasteiger partial charge in [0.05, 0.1) is 0 Å². The van der Waals surface area contributed by atoms with Crippen LogP contribution >= 0.6 is 0 Å². The van der Waals surface area contributed by atoms with E-state index in [0.717, 1.165) is 25.7 Å². The number of aromatic nitrogens is 3. The molecule has 1 heterocycles. The number of unbranched alkanes of at least 4 members (excludes halogenated alkanes) is 3. The third-order valence-corrected chi connectivity index (χ3v) is 2.77. The van der Waals surface area contributed by atoms with Gasteiger partial charge in [0.2, 0.25) is 0 Å². The highest BCUT2D eigenvalue weighted by Crippen LogP contribution is 2.19. The van der Waals surface area contributed by atoms with Gasteiger partial charge in [-0.05, 0) is 23.7 Å². The van der Waals surface area contributed by atoms with Gasteiger partial charge < -0.3 is 10.1 Å². The molecule has 0 atom stereocenters. The minimum absolute atomic E-state index is 0.0696. The summed E-state index contributed by atoms with van der Waals surface area (Å²) in [4.78, 5) is 10.7. The molecular formula is C12H22N4O2. The van der Waals surface area contributed by atoms with Crippen molar-refractivity contribution in [1.29, 1.82) is 0 Å². The number of hydrogen-bond donors (Lipinski definition) is 0. The summed E-state index contributed by atoms with van der Waals surface area (Å²) < 4.78 is 1.44. The van der Waals surface area contributed by atoms with Crippen molar-refractivity contribution < 1.29 is 4.92 Å². The van der Waals surface area contributed by atoms with Crippen LogP contribution in [0.3, 0.4) is 0 Å². The Morgan fingerprint density at radius 3 is 2.61 bits per heavy atom. The lowest BCUT2D eigenvalue weighted by Crippen LogP contribution is -2.07. The molecule has 18 heavy (non-hydrogen) atoms. The van der Waals surface area contributed by atoms with Crippen LogP contribution in [0.2, 0.25) is 0 Å². The van der Waals surface area contributed by atoms with Gasteiger partial charge in [-0.15, -0.1) is 9.78 Å². The molecule has 1 aromatic rings. The summed E-state index contributed by atoms with van der Waals surface area (Å²) in [6, 6.07) is 0. The van der Waals surface area contributed by atoms with E-state index in [9.17, 15) is 10.1 Å². The van der Waals surface area contributed by atoms with Crippen LogP contribution < -0.4 is 0 Å². The molecule has 1 aromatic heterocycles. The molecule has 0 radical (unpaired) electrons. The molecular weight excluding hydrogens is 232 g/mol. The molecule has 0 spiro atoms. The highest BCUT2D eigenvalue weighted by atomic mass is 16.6. The van der Waals surface area contributed by atoms with Gasteiger partial charge in [0.1, 0.15) is 6.54 Å². The largest absolute Gasteiger partial charge is 0.368 e. The van der Waals surface area contributed by atoms with E-state index >= 15 is 0 Å². The van der Waals surface area contributed by atoms with Crippen LogP contribution in [0.5, 0.6) is 0 Å². The smallest absolute Gasteiger partial charge is 0.358 e. The van der Waals surface area contributed by atoms with Crippen LogP contribution in [-0.2, 0) is 13.0 Å². The topological polar surface area (TPSA) is 73.8 Å². The fourth-order valence-electron chi connectivity index (χ4n) is 1.90. The highest BCUT2D eigenvalue weighted by molar-refractivity contribution is 5.25. The zero-order valence-electron chi connectivity index (χ0n) is 11.4. The number of aryl methyl sites for hydroxylation is 1. The Labute approximate surface area is 108 Å². The Balaban J connectivity index is 2.72. The molecule has 102 valence electrons. The lowest BCUT2D eigenvalue weighted by molar-refractivity contribution is -0.393. The summed E-state index contributed by atoms with van der Waals surface area (Å²) in [6.07, 6.45) is 4.90. The van der Waals surface area contributed by atoms with Crippen LogP contribution in [0, 0.1) is 16.0 Å². The molecule has 0 saturated heterocycles. The van der Waals surface area contributed by atoms with E-state index < -0.39 is 0 Å². The average Bonchev–Trinajstić information content (AvgIpc) is 2.66. The van der Waals surface area contributed by atoms with Gasteiger partial charge >= 0.3 is 5.82 Å². The molecule has 0 bridgehead atoms. The van der Waals surface area contributed by atoms with Crippen molar-refractivity contribution in [3.8, 4) is 0 Å². The van der Waals surface area contributed by atoms with Crippen molar-refractivity contribution in [3.05, 3.63) is 15.8 Å². The molecule has 0 aliphatic carbocycles. The molecule has 1 rings (SSSR count). The Bertz CT molecular complexity index is 387. The first kappa shape index (κ1) is 14.6. The lowest BCUT2D eigenvalue weighted by atomic mass is 10.1. The van der Waals surface area contributed by atoms with Gasteiger partial charge in [-0.3, -0.25) is 0 Å². The lowest BCUT2D eigenvalue weighted by Gasteiger charge is -2.02. The van der Waals surface area contributed by atoms with Crippen LogP contribution in [-0.4, -0.2) is 19.9 Å². The second kappa shape index (κ2) is 7.08. The molecule has 0 aliphatic heterocycles. The van der Waals surface area contributed by atoms with Crippen molar-refractivity contribution in [2.24, 2.45) is 5.92 Å². The highest BCUT2D eigenvalue weighted by Gasteiger charge is 2.23. The maximum Gasteiger partial charge on any atom is 0.368 e. The summed E-state index contributed by atoms with van der Waals surface area (Å²) in [5.74, 6) is 0.411. The van der Waals surface area contributed by atoms with Crippen molar-refractivity contribution >= 4 is 5.82 Å².